The summed E-state index contributed by atoms with van der Waals surface area (Å²) in [5.41, 5.74) is 9.30. The molecule has 4 aromatic carbocycles. The van der Waals surface area contributed by atoms with Gasteiger partial charge in [-0.25, -0.2) is 19.9 Å². The molecule has 10 rings (SSSR count). The highest BCUT2D eigenvalue weighted by molar-refractivity contribution is 7.14. The van der Waals surface area contributed by atoms with Crippen LogP contribution < -0.4 is 25.2 Å². The molecule has 1 fully saturated rings. The van der Waals surface area contributed by atoms with Gasteiger partial charge in [0.25, 0.3) is 11.8 Å². The fraction of sp³-hybridized carbons (Fsp3) is 0.156. The number of hydrogen-bond donors (Lipinski definition) is 2. The summed E-state index contributed by atoms with van der Waals surface area (Å²) in [4.78, 5) is 49.5. The maximum Gasteiger partial charge on any atom is 0.276 e. The molecule has 6 heterocycles. The number of aromatic nitrogens is 4. The predicted molar refractivity (Wildman–Crippen MR) is 232 cm³/mol. The van der Waals surface area contributed by atoms with E-state index in [-0.39, 0.29) is 11.8 Å². The highest BCUT2D eigenvalue weighted by atomic mass is 32.1. The molecule has 0 atom stereocenters. The predicted octanol–water partition coefficient (Wildman–Crippen LogP) is 9.53. The Kier molecular flexibility index (Phi) is 9.44. The number of amides is 2. The molecule has 8 aromatic rings. The van der Waals surface area contributed by atoms with Crippen LogP contribution in [0.15, 0.2) is 120 Å². The molecule has 0 aliphatic carbocycles. The van der Waals surface area contributed by atoms with E-state index < -0.39 is 0 Å². The molecule has 2 aliphatic rings. The van der Waals surface area contributed by atoms with Crippen molar-refractivity contribution in [3.63, 3.8) is 0 Å². The Morgan fingerprint density at radius 3 is 2.16 bits per heavy atom. The smallest absolute Gasteiger partial charge is 0.276 e. The molecule has 13 heteroatoms. The third kappa shape index (κ3) is 6.99. The Morgan fingerprint density at radius 1 is 0.690 bits per heavy atom. The van der Waals surface area contributed by atoms with Gasteiger partial charge in [-0.15, -0.1) is 22.7 Å². The molecule has 0 saturated carbocycles. The zero-order valence-electron chi connectivity index (χ0n) is 31.2. The van der Waals surface area contributed by atoms with Crippen LogP contribution in [0.4, 0.5) is 21.6 Å². The van der Waals surface area contributed by atoms with Crippen LogP contribution in [0.25, 0.3) is 44.1 Å². The number of anilines is 4. The summed E-state index contributed by atoms with van der Waals surface area (Å²) < 4.78 is 6.29. The molecule has 286 valence electrons. The molecule has 2 N–H and O–H groups in total. The molecule has 2 amide bonds. The first-order chi connectivity index (χ1) is 28.5. The van der Waals surface area contributed by atoms with Crippen LogP contribution >= 0.6 is 22.7 Å². The molecular weight excluding hydrogens is 765 g/mol. The second-order valence-corrected chi connectivity index (χ2v) is 16.0. The first-order valence-corrected chi connectivity index (χ1v) is 20.9. The minimum Gasteiger partial charge on any atom is -0.490 e. The molecule has 58 heavy (non-hydrogen) atoms. The molecule has 0 spiro atoms. The van der Waals surface area contributed by atoms with E-state index >= 15 is 0 Å². The lowest BCUT2D eigenvalue weighted by Crippen LogP contribution is -2.32. The Balaban J connectivity index is 0.982. The Morgan fingerprint density at radius 2 is 1.40 bits per heavy atom. The molecular formula is C45H36N8O3S2. The lowest BCUT2D eigenvalue weighted by molar-refractivity contribution is 0.101. The molecule has 0 radical (unpaired) electrons. The molecule has 0 unspecified atom stereocenters. The third-order valence-electron chi connectivity index (χ3n) is 10.7. The van der Waals surface area contributed by atoms with Crippen molar-refractivity contribution in [1.29, 1.82) is 0 Å². The summed E-state index contributed by atoms with van der Waals surface area (Å²) in [6, 6.07) is 32.7. The van der Waals surface area contributed by atoms with Crippen molar-refractivity contribution in [3.8, 4) is 28.0 Å². The highest BCUT2D eigenvalue weighted by Crippen LogP contribution is 2.40. The van der Waals surface area contributed by atoms with Crippen LogP contribution in [0.3, 0.4) is 0 Å². The van der Waals surface area contributed by atoms with Gasteiger partial charge in [-0.1, -0.05) is 60.7 Å². The average molecular weight is 801 g/mol. The van der Waals surface area contributed by atoms with Crippen molar-refractivity contribution < 1.29 is 14.3 Å². The van der Waals surface area contributed by atoms with Gasteiger partial charge in [0.2, 0.25) is 0 Å². The van der Waals surface area contributed by atoms with E-state index in [1.165, 1.54) is 41.2 Å². The lowest BCUT2D eigenvalue weighted by Gasteiger charge is -2.32. The maximum atomic E-state index is 13.4. The van der Waals surface area contributed by atoms with Crippen molar-refractivity contribution in [2.45, 2.75) is 19.4 Å². The van der Waals surface area contributed by atoms with Gasteiger partial charge >= 0.3 is 0 Å². The lowest BCUT2D eigenvalue weighted by atomic mass is 9.97. The molecule has 1 saturated heterocycles. The van der Waals surface area contributed by atoms with Gasteiger partial charge in [0.1, 0.15) is 23.7 Å². The summed E-state index contributed by atoms with van der Waals surface area (Å²) in [7, 11) is 0. The number of benzene rings is 4. The molecule has 11 nitrogen and oxygen atoms in total. The largest absolute Gasteiger partial charge is 0.490 e. The summed E-state index contributed by atoms with van der Waals surface area (Å²) >= 11 is 2.73. The summed E-state index contributed by atoms with van der Waals surface area (Å²) in [6.07, 6.45) is 5.72. The van der Waals surface area contributed by atoms with E-state index in [9.17, 15) is 9.59 Å². The standard InChI is InChI=1S/C45H36N8O3S2/c54-42(50-44-46-17-23-57-44)36-14-10-28-5-4-8-33(40(28)48-36)30-11-16-38-39(26-30)56-22-21-53(38)27-31-9-12-34(29-6-3-7-32(25-29)52-19-1-2-20-52)41-35(31)13-15-37(49-41)43(55)51-45-47-18-24-58-45/h3-18,23-26H,1-2,19-22,27H2,(H,46,50,54)(H,47,51,55). The SMILES string of the molecule is O=C(Nc1nccs1)c1ccc2cccc(-c3ccc4c(c3)OCCN4Cc3ccc(-c4cccc(N5CCCC5)c4)c4nc(C(=O)Nc5nccs5)ccc34)c2n1. The molecule has 4 aromatic heterocycles. The van der Waals surface area contributed by atoms with Crippen molar-refractivity contribution in [1.82, 2.24) is 19.9 Å². The Bertz CT molecular complexity index is 2820. The first kappa shape index (κ1) is 35.7. The quantitative estimate of drug-likeness (QED) is 0.147. The second-order valence-electron chi connectivity index (χ2n) is 14.2. The van der Waals surface area contributed by atoms with E-state index in [0.717, 1.165) is 74.1 Å². The number of ether oxygens (including phenoxy) is 1. The summed E-state index contributed by atoms with van der Waals surface area (Å²) in [5, 5.41) is 12.3. The molecule has 2 aliphatic heterocycles. The van der Waals surface area contributed by atoms with E-state index in [1.807, 2.05) is 41.1 Å². The van der Waals surface area contributed by atoms with Crippen LogP contribution in [-0.4, -0.2) is 58.0 Å². The number of carbonyl (C=O) groups excluding carboxylic acids is 2. The third-order valence-corrected chi connectivity index (χ3v) is 12.0. The number of thiazole rings is 2. The van der Waals surface area contributed by atoms with E-state index in [0.29, 0.717) is 41.3 Å². The normalized spacial score (nSPS) is 13.7. The number of rotatable bonds is 9. The minimum atomic E-state index is -0.308. The number of nitrogens with zero attached hydrogens (tertiary/aromatic N) is 6. The average Bonchev–Trinajstić information content (AvgIpc) is 4.09. The van der Waals surface area contributed by atoms with Gasteiger partial charge in [0.05, 0.1) is 23.3 Å². The number of pyridine rings is 2. The van der Waals surface area contributed by atoms with Gasteiger partial charge in [-0.3, -0.25) is 20.2 Å². The van der Waals surface area contributed by atoms with Crippen molar-refractivity contribution in [2.24, 2.45) is 0 Å². The van der Waals surface area contributed by atoms with Gasteiger partial charge < -0.3 is 14.5 Å². The van der Waals surface area contributed by atoms with Crippen molar-refractivity contribution >= 4 is 77.9 Å². The zero-order chi connectivity index (χ0) is 39.0. The number of nitrogens with one attached hydrogen (secondary N) is 2. The van der Waals surface area contributed by atoms with Crippen LogP contribution in [0.5, 0.6) is 5.75 Å². The molecule has 0 bridgehead atoms. The topological polar surface area (TPSA) is 125 Å². The minimum absolute atomic E-state index is 0.298. The van der Waals surface area contributed by atoms with Crippen LogP contribution in [0.1, 0.15) is 39.4 Å². The van der Waals surface area contributed by atoms with Gasteiger partial charge in [0.15, 0.2) is 10.3 Å². The highest BCUT2D eigenvalue weighted by Gasteiger charge is 2.23. The fourth-order valence-corrected chi connectivity index (χ4v) is 8.88. The van der Waals surface area contributed by atoms with E-state index in [2.05, 4.69) is 85.0 Å². The van der Waals surface area contributed by atoms with Gasteiger partial charge in [-0.05, 0) is 65.9 Å². The first-order valence-electron chi connectivity index (χ1n) is 19.2. The number of hydrogen-bond acceptors (Lipinski definition) is 11. The van der Waals surface area contributed by atoms with Crippen LogP contribution in [-0.2, 0) is 6.54 Å². The Labute approximate surface area is 342 Å². The number of fused-ring (bicyclic) bond motifs is 3. The van der Waals surface area contributed by atoms with Crippen LogP contribution in [0, 0.1) is 0 Å². The summed E-state index contributed by atoms with van der Waals surface area (Å²) in [5.74, 6) is 0.170. The van der Waals surface area contributed by atoms with Crippen LogP contribution in [0.2, 0.25) is 0 Å². The van der Waals surface area contributed by atoms with E-state index in [1.54, 1.807) is 24.5 Å². The number of para-hydroxylation sites is 1. The van der Waals surface area contributed by atoms with Gasteiger partial charge in [0, 0.05) is 70.4 Å². The van der Waals surface area contributed by atoms with Gasteiger partial charge in [-0.2, -0.15) is 0 Å². The monoisotopic (exact) mass is 800 g/mol. The Hall–Kier alpha value is -6.70. The summed E-state index contributed by atoms with van der Waals surface area (Å²) in [6.45, 7) is 3.93. The van der Waals surface area contributed by atoms with Crippen molar-refractivity contribution in [3.05, 3.63) is 137 Å². The zero-order valence-corrected chi connectivity index (χ0v) is 32.9. The van der Waals surface area contributed by atoms with Crippen molar-refractivity contribution in [2.75, 3.05) is 46.7 Å². The maximum absolute atomic E-state index is 13.4. The second kappa shape index (κ2) is 15.3. The fourth-order valence-electron chi connectivity index (χ4n) is 7.83. The number of carbonyl (C=O) groups is 2. The van der Waals surface area contributed by atoms with E-state index in [4.69, 9.17) is 14.7 Å².